The van der Waals surface area contributed by atoms with Gasteiger partial charge in [-0.25, -0.2) is 13.1 Å². The van der Waals surface area contributed by atoms with E-state index in [2.05, 4.69) is 28.0 Å². The first-order valence-electron chi connectivity index (χ1n) is 10.6. The van der Waals surface area contributed by atoms with Crippen molar-refractivity contribution < 1.29 is 13.2 Å². The Hall–Kier alpha value is -1.74. The van der Waals surface area contributed by atoms with Crippen LogP contribution in [0.25, 0.3) is 0 Å². The molecule has 0 aliphatic carbocycles. The second-order valence-corrected chi connectivity index (χ2v) is 10.8. The molecule has 8 heteroatoms. The lowest BCUT2D eigenvalue weighted by Crippen LogP contribution is -2.49. The van der Waals surface area contributed by atoms with Crippen molar-refractivity contribution in [2.45, 2.75) is 49.6 Å². The molecule has 1 aromatic heterocycles. The second kappa shape index (κ2) is 9.18. The fraction of sp³-hybridized carbons (Fsp3) is 0.500. The first kappa shape index (κ1) is 21.5. The summed E-state index contributed by atoms with van der Waals surface area (Å²) in [4.78, 5) is 18.9. The summed E-state index contributed by atoms with van der Waals surface area (Å²) in [6.45, 7) is 4.79. The predicted molar refractivity (Wildman–Crippen MR) is 119 cm³/mol. The minimum absolute atomic E-state index is 0.0895. The predicted octanol–water partition coefficient (Wildman–Crippen LogP) is 3.03. The van der Waals surface area contributed by atoms with Gasteiger partial charge in [-0.1, -0.05) is 25.1 Å². The van der Waals surface area contributed by atoms with Gasteiger partial charge in [0.2, 0.25) is 15.9 Å². The summed E-state index contributed by atoms with van der Waals surface area (Å²) in [6.07, 6.45) is 3.30. The normalized spacial score (nSPS) is 20.8. The van der Waals surface area contributed by atoms with Gasteiger partial charge in [0.25, 0.3) is 0 Å². The minimum atomic E-state index is -3.49. The van der Waals surface area contributed by atoms with Crippen LogP contribution in [0.15, 0.2) is 46.7 Å². The number of likely N-dealkylation sites (tertiary alicyclic amines) is 1. The molecule has 1 aromatic carbocycles. The average molecular weight is 448 g/mol. The van der Waals surface area contributed by atoms with E-state index >= 15 is 0 Å². The van der Waals surface area contributed by atoms with E-state index in [-0.39, 0.29) is 18.0 Å². The molecule has 0 spiro atoms. The van der Waals surface area contributed by atoms with Crippen LogP contribution in [0.1, 0.15) is 42.7 Å². The van der Waals surface area contributed by atoms with Gasteiger partial charge < -0.3 is 4.90 Å². The number of fused-ring (bicyclic) bond motifs is 1. The van der Waals surface area contributed by atoms with Gasteiger partial charge in [0.05, 0.1) is 17.5 Å². The lowest BCUT2D eigenvalue weighted by atomic mass is 9.97. The average Bonchev–Trinajstić information content (AvgIpc) is 3.24. The molecule has 4 rings (SSSR count). The number of amides is 1. The van der Waals surface area contributed by atoms with Crippen LogP contribution in [0.4, 0.5) is 0 Å². The number of carbonyl (C=O) groups is 1. The molecular formula is C22H29N3O3S2. The molecule has 3 heterocycles. The number of carbonyl (C=O) groups excluding carboxylic acids is 1. The third kappa shape index (κ3) is 4.61. The molecule has 0 bridgehead atoms. The standard InChI is InChI=1S/C22H29N3O3S2/c1-2-20-19-11-15-29-21(19)10-14-25(20)22(26)16-24-12-8-17(9-13-24)23-30(27,28)18-6-4-3-5-7-18/h3-7,11,15,17,20,23H,2,8-10,12-14,16H2,1H3. The first-order valence-corrected chi connectivity index (χ1v) is 13.0. The molecule has 1 unspecified atom stereocenters. The van der Waals surface area contributed by atoms with Crippen molar-refractivity contribution in [1.82, 2.24) is 14.5 Å². The number of nitrogens with zero attached hydrogens (tertiary/aromatic N) is 2. The van der Waals surface area contributed by atoms with Gasteiger partial charge in [-0.15, -0.1) is 11.3 Å². The maximum Gasteiger partial charge on any atom is 0.240 e. The largest absolute Gasteiger partial charge is 0.334 e. The Morgan fingerprint density at radius 3 is 2.57 bits per heavy atom. The molecule has 6 nitrogen and oxygen atoms in total. The quantitative estimate of drug-likeness (QED) is 0.739. The van der Waals surface area contributed by atoms with Gasteiger partial charge in [0.15, 0.2) is 0 Å². The van der Waals surface area contributed by atoms with Crippen LogP contribution in [0.3, 0.4) is 0 Å². The molecular weight excluding hydrogens is 418 g/mol. The van der Waals surface area contributed by atoms with Gasteiger partial charge in [0.1, 0.15) is 0 Å². The zero-order valence-electron chi connectivity index (χ0n) is 17.3. The second-order valence-electron chi connectivity index (χ2n) is 8.05. The Balaban J connectivity index is 1.30. The minimum Gasteiger partial charge on any atom is -0.334 e. The van der Waals surface area contributed by atoms with Crippen molar-refractivity contribution in [2.24, 2.45) is 0 Å². The fourth-order valence-electron chi connectivity index (χ4n) is 4.51. The number of hydrogen-bond donors (Lipinski definition) is 1. The molecule has 162 valence electrons. The zero-order valence-corrected chi connectivity index (χ0v) is 18.9. The maximum atomic E-state index is 13.0. The maximum absolute atomic E-state index is 13.0. The molecule has 30 heavy (non-hydrogen) atoms. The molecule has 0 saturated carbocycles. The van der Waals surface area contributed by atoms with Crippen molar-refractivity contribution in [3.8, 4) is 0 Å². The highest BCUT2D eigenvalue weighted by Gasteiger charge is 2.32. The summed E-state index contributed by atoms with van der Waals surface area (Å²) in [5, 5.41) is 2.13. The van der Waals surface area contributed by atoms with E-state index in [1.165, 1.54) is 10.4 Å². The molecule has 1 fully saturated rings. The number of benzene rings is 1. The van der Waals surface area contributed by atoms with E-state index in [4.69, 9.17) is 0 Å². The molecule has 1 atom stereocenters. The Labute approximate surface area is 182 Å². The Bertz CT molecular complexity index is 967. The van der Waals surface area contributed by atoms with E-state index in [1.807, 2.05) is 4.90 Å². The Kier molecular flexibility index (Phi) is 6.57. The first-order chi connectivity index (χ1) is 14.5. The van der Waals surface area contributed by atoms with Gasteiger partial charge in [-0.05, 0) is 54.8 Å². The van der Waals surface area contributed by atoms with Crippen molar-refractivity contribution in [3.63, 3.8) is 0 Å². The van der Waals surface area contributed by atoms with E-state index in [9.17, 15) is 13.2 Å². The van der Waals surface area contributed by atoms with E-state index in [0.717, 1.165) is 32.5 Å². The highest BCUT2D eigenvalue weighted by molar-refractivity contribution is 7.89. The summed E-state index contributed by atoms with van der Waals surface area (Å²) >= 11 is 1.79. The van der Waals surface area contributed by atoms with E-state index in [1.54, 1.807) is 41.7 Å². The van der Waals surface area contributed by atoms with Gasteiger partial charge >= 0.3 is 0 Å². The van der Waals surface area contributed by atoms with Crippen molar-refractivity contribution >= 4 is 27.3 Å². The van der Waals surface area contributed by atoms with Gasteiger partial charge in [0, 0.05) is 30.6 Å². The number of hydrogen-bond acceptors (Lipinski definition) is 5. The third-order valence-electron chi connectivity index (χ3n) is 6.12. The summed E-state index contributed by atoms with van der Waals surface area (Å²) < 4.78 is 27.9. The molecule has 2 aliphatic rings. The van der Waals surface area contributed by atoms with Crippen molar-refractivity contribution in [3.05, 3.63) is 52.2 Å². The lowest BCUT2D eigenvalue weighted by molar-refractivity contribution is -0.135. The van der Waals surface area contributed by atoms with Crippen LogP contribution < -0.4 is 4.72 Å². The SMILES string of the molecule is CCC1c2ccsc2CCN1C(=O)CN1CCC(NS(=O)(=O)c2ccccc2)CC1. The Morgan fingerprint density at radius 1 is 1.13 bits per heavy atom. The van der Waals surface area contributed by atoms with E-state index in [0.29, 0.717) is 24.3 Å². The summed E-state index contributed by atoms with van der Waals surface area (Å²) in [6, 6.07) is 10.7. The monoisotopic (exact) mass is 447 g/mol. The van der Waals surface area contributed by atoms with Crippen molar-refractivity contribution in [2.75, 3.05) is 26.2 Å². The van der Waals surface area contributed by atoms with Gasteiger partial charge in [-0.2, -0.15) is 0 Å². The number of rotatable bonds is 6. The molecule has 1 N–H and O–H groups in total. The molecule has 1 saturated heterocycles. The molecule has 2 aromatic rings. The highest BCUT2D eigenvalue weighted by atomic mass is 32.2. The van der Waals surface area contributed by atoms with Crippen LogP contribution in [0.2, 0.25) is 0 Å². The van der Waals surface area contributed by atoms with Crippen molar-refractivity contribution in [1.29, 1.82) is 0 Å². The summed E-state index contributed by atoms with van der Waals surface area (Å²) in [5.74, 6) is 0.182. The number of thiophene rings is 1. The number of piperidine rings is 1. The highest BCUT2D eigenvalue weighted by Crippen LogP contribution is 2.35. The molecule has 2 aliphatic heterocycles. The topological polar surface area (TPSA) is 69.7 Å². The lowest BCUT2D eigenvalue weighted by Gasteiger charge is -2.38. The smallest absolute Gasteiger partial charge is 0.240 e. The van der Waals surface area contributed by atoms with Crippen LogP contribution in [0, 0.1) is 0 Å². The van der Waals surface area contributed by atoms with Gasteiger partial charge in [-0.3, -0.25) is 9.69 Å². The van der Waals surface area contributed by atoms with Crippen LogP contribution in [-0.2, 0) is 21.2 Å². The van der Waals surface area contributed by atoms with Crippen LogP contribution in [0.5, 0.6) is 0 Å². The third-order valence-corrected chi connectivity index (χ3v) is 8.66. The summed E-state index contributed by atoms with van der Waals surface area (Å²) in [7, 11) is -3.49. The summed E-state index contributed by atoms with van der Waals surface area (Å²) in [5.41, 5.74) is 1.32. The Morgan fingerprint density at radius 2 is 1.87 bits per heavy atom. The zero-order chi connectivity index (χ0) is 21.1. The molecule has 1 amide bonds. The van der Waals surface area contributed by atoms with Crippen LogP contribution >= 0.6 is 11.3 Å². The number of nitrogens with one attached hydrogen (secondary N) is 1. The molecule has 0 radical (unpaired) electrons. The van der Waals surface area contributed by atoms with Crippen LogP contribution in [-0.4, -0.2) is 56.3 Å². The number of sulfonamides is 1. The fourth-order valence-corrected chi connectivity index (χ4v) is 6.77. The van der Waals surface area contributed by atoms with E-state index < -0.39 is 10.0 Å².